The summed E-state index contributed by atoms with van der Waals surface area (Å²) in [5.41, 5.74) is 4.92. The van der Waals surface area contributed by atoms with Crippen molar-refractivity contribution in [2.75, 3.05) is 13.6 Å². The van der Waals surface area contributed by atoms with Crippen LogP contribution >= 0.6 is 0 Å². The van der Waals surface area contributed by atoms with Crippen molar-refractivity contribution in [3.8, 4) is 0 Å². The highest BCUT2D eigenvalue weighted by atomic mass is 16.5. The molecule has 1 N–H and O–H groups in total. The number of ether oxygens (including phenoxy) is 1. The lowest BCUT2D eigenvalue weighted by Gasteiger charge is -2.14. The summed E-state index contributed by atoms with van der Waals surface area (Å²) < 4.78 is 8.30. The number of rotatable bonds is 4. The van der Waals surface area contributed by atoms with Gasteiger partial charge in [0.15, 0.2) is 0 Å². The Bertz CT molecular complexity index is 605. The largest absolute Gasteiger partial charge is 0.372 e. The van der Waals surface area contributed by atoms with Gasteiger partial charge in [0, 0.05) is 6.54 Å². The van der Waals surface area contributed by atoms with Crippen molar-refractivity contribution in [2.24, 2.45) is 0 Å². The average molecular weight is 273 g/mol. The van der Waals surface area contributed by atoms with Gasteiger partial charge in [-0.1, -0.05) is 0 Å². The standard InChI is InChI=1S/C16H23N3O/c1-11-6-15-16(7-12(11)2)19(10-18-15)9-14-5-4-13(20-14)8-17-3/h6-7,10,13-14,17H,4-5,8-9H2,1-3H3. The predicted molar refractivity (Wildman–Crippen MR) is 81.0 cm³/mol. The molecule has 3 rings (SSSR count). The van der Waals surface area contributed by atoms with E-state index in [9.17, 15) is 0 Å². The highest BCUT2D eigenvalue weighted by Crippen LogP contribution is 2.23. The van der Waals surface area contributed by atoms with Crippen molar-refractivity contribution >= 4 is 11.0 Å². The van der Waals surface area contributed by atoms with Crippen LogP contribution in [0, 0.1) is 13.8 Å². The van der Waals surface area contributed by atoms with Crippen LogP contribution in [0.3, 0.4) is 0 Å². The molecular formula is C16H23N3O. The summed E-state index contributed by atoms with van der Waals surface area (Å²) in [5, 5.41) is 3.19. The predicted octanol–water partition coefficient (Wildman–Crippen LogP) is 2.42. The molecule has 1 saturated heterocycles. The zero-order chi connectivity index (χ0) is 14.1. The third kappa shape index (κ3) is 2.58. The molecule has 4 nitrogen and oxygen atoms in total. The number of imidazole rings is 1. The van der Waals surface area contributed by atoms with Gasteiger partial charge in [0.25, 0.3) is 0 Å². The fourth-order valence-corrected chi connectivity index (χ4v) is 2.97. The molecule has 1 aromatic carbocycles. The molecule has 1 aliphatic rings. The Balaban J connectivity index is 1.77. The molecule has 20 heavy (non-hydrogen) atoms. The van der Waals surface area contributed by atoms with Crippen molar-refractivity contribution in [1.29, 1.82) is 0 Å². The van der Waals surface area contributed by atoms with E-state index in [4.69, 9.17) is 4.74 Å². The molecule has 1 aromatic heterocycles. The molecular weight excluding hydrogens is 250 g/mol. The van der Waals surface area contributed by atoms with E-state index in [0.717, 1.165) is 31.4 Å². The van der Waals surface area contributed by atoms with Crippen LogP contribution in [-0.2, 0) is 11.3 Å². The minimum Gasteiger partial charge on any atom is -0.372 e. The Kier molecular flexibility index (Phi) is 3.76. The summed E-state index contributed by atoms with van der Waals surface area (Å²) in [4.78, 5) is 4.51. The first-order valence-electron chi connectivity index (χ1n) is 7.39. The van der Waals surface area contributed by atoms with Crippen molar-refractivity contribution < 1.29 is 4.74 Å². The molecule has 2 aromatic rings. The minimum atomic E-state index is 0.312. The van der Waals surface area contributed by atoms with Crippen molar-refractivity contribution in [1.82, 2.24) is 14.9 Å². The van der Waals surface area contributed by atoms with E-state index < -0.39 is 0 Å². The lowest BCUT2D eigenvalue weighted by molar-refractivity contribution is 0.0377. The number of benzene rings is 1. The molecule has 0 saturated carbocycles. The molecule has 2 atom stereocenters. The topological polar surface area (TPSA) is 39.1 Å². The molecule has 0 amide bonds. The average Bonchev–Trinajstić information content (AvgIpc) is 3.00. The maximum atomic E-state index is 6.07. The van der Waals surface area contributed by atoms with Gasteiger partial charge < -0.3 is 14.6 Å². The van der Waals surface area contributed by atoms with Gasteiger partial charge in [0.1, 0.15) is 0 Å². The summed E-state index contributed by atoms with van der Waals surface area (Å²) in [7, 11) is 1.98. The number of hydrogen-bond donors (Lipinski definition) is 1. The highest BCUT2D eigenvalue weighted by molar-refractivity contribution is 5.77. The molecule has 2 unspecified atom stereocenters. The smallest absolute Gasteiger partial charge is 0.0959 e. The fourth-order valence-electron chi connectivity index (χ4n) is 2.97. The number of fused-ring (bicyclic) bond motifs is 1. The van der Waals surface area contributed by atoms with E-state index in [0.29, 0.717) is 12.2 Å². The van der Waals surface area contributed by atoms with Crippen molar-refractivity contribution in [2.45, 2.75) is 45.4 Å². The molecule has 4 heteroatoms. The van der Waals surface area contributed by atoms with E-state index in [1.807, 2.05) is 13.4 Å². The van der Waals surface area contributed by atoms with E-state index in [1.165, 1.54) is 16.6 Å². The molecule has 1 aliphatic heterocycles. The van der Waals surface area contributed by atoms with Crippen LogP contribution in [0.1, 0.15) is 24.0 Å². The number of aryl methyl sites for hydroxylation is 2. The quantitative estimate of drug-likeness (QED) is 0.930. The second-order valence-corrected chi connectivity index (χ2v) is 5.84. The summed E-state index contributed by atoms with van der Waals surface area (Å²) in [6.45, 7) is 6.13. The zero-order valence-corrected chi connectivity index (χ0v) is 12.5. The van der Waals surface area contributed by atoms with Crippen LogP contribution in [0.15, 0.2) is 18.5 Å². The molecule has 108 valence electrons. The van der Waals surface area contributed by atoms with Crippen LogP contribution in [-0.4, -0.2) is 35.4 Å². The Morgan fingerprint density at radius 2 is 2.00 bits per heavy atom. The van der Waals surface area contributed by atoms with Crippen LogP contribution in [0.4, 0.5) is 0 Å². The van der Waals surface area contributed by atoms with E-state index in [1.54, 1.807) is 0 Å². The number of nitrogens with one attached hydrogen (secondary N) is 1. The summed E-state index contributed by atoms with van der Waals surface area (Å²) in [6.07, 6.45) is 4.90. The van der Waals surface area contributed by atoms with Gasteiger partial charge in [-0.15, -0.1) is 0 Å². The number of nitrogens with zero attached hydrogens (tertiary/aromatic N) is 2. The van der Waals surface area contributed by atoms with Crippen LogP contribution in [0.25, 0.3) is 11.0 Å². The van der Waals surface area contributed by atoms with Gasteiger partial charge in [-0.2, -0.15) is 0 Å². The SMILES string of the molecule is CNCC1CCC(Cn2cnc3cc(C)c(C)cc32)O1. The summed E-state index contributed by atoms with van der Waals surface area (Å²) in [6, 6.07) is 4.40. The van der Waals surface area contributed by atoms with Crippen LogP contribution in [0.2, 0.25) is 0 Å². The van der Waals surface area contributed by atoms with Gasteiger partial charge in [-0.05, 0) is 57.0 Å². The summed E-state index contributed by atoms with van der Waals surface area (Å²) >= 11 is 0. The first-order valence-corrected chi connectivity index (χ1v) is 7.39. The Morgan fingerprint density at radius 1 is 1.25 bits per heavy atom. The molecule has 0 aliphatic carbocycles. The van der Waals surface area contributed by atoms with E-state index in [-0.39, 0.29) is 0 Å². The fraction of sp³-hybridized carbons (Fsp3) is 0.562. The van der Waals surface area contributed by atoms with E-state index >= 15 is 0 Å². The van der Waals surface area contributed by atoms with Crippen molar-refractivity contribution in [3.05, 3.63) is 29.6 Å². The molecule has 0 spiro atoms. The maximum absolute atomic E-state index is 6.07. The molecule has 0 radical (unpaired) electrons. The number of likely N-dealkylation sites (N-methyl/N-ethyl adjacent to an activating group) is 1. The van der Waals surface area contributed by atoms with Crippen LogP contribution < -0.4 is 5.32 Å². The minimum absolute atomic E-state index is 0.312. The molecule has 0 bridgehead atoms. The second-order valence-electron chi connectivity index (χ2n) is 5.84. The lowest BCUT2D eigenvalue weighted by atomic mass is 10.1. The Labute approximate surface area is 120 Å². The van der Waals surface area contributed by atoms with Gasteiger partial charge in [0.05, 0.1) is 36.1 Å². The van der Waals surface area contributed by atoms with E-state index in [2.05, 4.69) is 40.8 Å². The van der Waals surface area contributed by atoms with Gasteiger partial charge in [-0.3, -0.25) is 0 Å². The molecule has 1 fully saturated rings. The molecule has 2 heterocycles. The van der Waals surface area contributed by atoms with Gasteiger partial charge in [0.2, 0.25) is 0 Å². The van der Waals surface area contributed by atoms with Crippen molar-refractivity contribution in [3.63, 3.8) is 0 Å². The third-order valence-corrected chi connectivity index (χ3v) is 4.26. The lowest BCUT2D eigenvalue weighted by Crippen LogP contribution is -2.25. The third-order valence-electron chi connectivity index (χ3n) is 4.26. The first-order chi connectivity index (χ1) is 9.67. The van der Waals surface area contributed by atoms with Crippen LogP contribution in [0.5, 0.6) is 0 Å². The monoisotopic (exact) mass is 273 g/mol. The van der Waals surface area contributed by atoms with Gasteiger partial charge >= 0.3 is 0 Å². The first kappa shape index (κ1) is 13.6. The summed E-state index contributed by atoms with van der Waals surface area (Å²) in [5.74, 6) is 0. The zero-order valence-electron chi connectivity index (χ0n) is 12.5. The normalized spacial score (nSPS) is 22.8. The Morgan fingerprint density at radius 3 is 2.80 bits per heavy atom. The maximum Gasteiger partial charge on any atom is 0.0959 e. The Hall–Kier alpha value is -1.39. The number of hydrogen-bond acceptors (Lipinski definition) is 3. The highest BCUT2D eigenvalue weighted by Gasteiger charge is 2.25. The number of aromatic nitrogens is 2. The second kappa shape index (κ2) is 5.54. The van der Waals surface area contributed by atoms with Gasteiger partial charge in [-0.25, -0.2) is 4.98 Å².